The lowest BCUT2D eigenvalue weighted by atomic mass is 9.82. The van der Waals surface area contributed by atoms with Gasteiger partial charge in [-0.1, -0.05) is 23.8 Å². The van der Waals surface area contributed by atoms with Crippen LogP contribution in [0.5, 0.6) is 0 Å². The quantitative estimate of drug-likeness (QED) is 0.338. The van der Waals surface area contributed by atoms with E-state index in [1.165, 1.54) is 23.8 Å². The number of carbonyl (C=O) groups excluding carboxylic acids is 2. The predicted molar refractivity (Wildman–Crippen MR) is 148 cm³/mol. The van der Waals surface area contributed by atoms with Crippen molar-refractivity contribution in [1.82, 2.24) is 10.2 Å². The van der Waals surface area contributed by atoms with Gasteiger partial charge in [0.15, 0.2) is 6.29 Å². The first-order valence-electron chi connectivity index (χ1n) is 13.9. The maximum atomic E-state index is 12.3. The highest BCUT2D eigenvalue weighted by molar-refractivity contribution is 5.87. The predicted octanol–water partition coefficient (Wildman–Crippen LogP) is 5.29. The molecule has 8 nitrogen and oxygen atoms in total. The zero-order valence-electron chi connectivity index (χ0n) is 24.5. The van der Waals surface area contributed by atoms with E-state index in [9.17, 15) is 9.59 Å². The van der Waals surface area contributed by atoms with Crippen LogP contribution < -0.4 is 5.32 Å². The van der Waals surface area contributed by atoms with Crippen molar-refractivity contribution < 1.29 is 28.5 Å². The molecule has 1 N–H and O–H groups in total. The van der Waals surface area contributed by atoms with Gasteiger partial charge in [0.05, 0.1) is 31.0 Å². The fourth-order valence-corrected chi connectivity index (χ4v) is 4.96. The van der Waals surface area contributed by atoms with Gasteiger partial charge < -0.3 is 29.2 Å². The van der Waals surface area contributed by atoms with Crippen molar-refractivity contribution >= 4 is 12.0 Å². The second-order valence-electron chi connectivity index (χ2n) is 12.8. The Kier molecular flexibility index (Phi) is 9.87. The van der Waals surface area contributed by atoms with Crippen molar-refractivity contribution in [3.8, 4) is 0 Å². The SMILES string of the molecule is CC(/C=C/[C@@H]1CC2(CC2)CC(C)(C)O1)=C\C[C@H]1OC[C@@H](NC(=O)/C=C\[C@H](C)OC(=O)N(C)C(C)(C)C)CO1. The van der Waals surface area contributed by atoms with E-state index in [4.69, 9.17) is 18.9 Å². The summed E-state index contributed by atoms with van der Waals surface area (Å²) < 4.78 is 23.3. The molecule has 0 bridgehead atoms. The van der Waals surface area contributed by atoms with Gasteiger partial charge in [0.2, 0.25) is 5.91 Å². The molecule has 0 aromatic heterocycles. The highest BCUT2D eigenvalue weighted by atomic mass is 16.7. The first-order chi connectivity index (χ1) is 17.7. The molecule has 0 unspecified atom stereocenters. The minimum Gasteiger partial charge on any atom is -0.442 e. The van der Waals surface area contributed by atoms with Gasteiger partial charge in [-0.3, -0.25) is 4.79 Å². The number of hydrogen-bond donors (Lipinski definition) is 1. The van der Waals surface area contributed by atoms with Gasteiger partial charge >= 0.3 is 6.09 Å². The Morgan fingerprint density at radius 2 is 1.82 bits per heavy atom. The topological polar surface area (TPSA) is 86.3 Å². The lowest BCUT2D eigenvalue weighted by molar-refractivity contribution is -0.187. The maximum absolute atomic E-state index is 12.3. The number of allylic oxidation sites excluding steroid dienone is 2. The van der Waals surface area contributed by atoms with Gasteiger partial charge in [-0.25, -0.2) is 4.79 Å². The number of nitrogens with zero attached hydrogens (tertiary/aromatic N) is 1. The van der Waals surface area contributed by atoms with E-state index < -0.39 is 12.2 Å². The van der Waals surface area contributed by atoms with E-state index >= 15 is 0 Å². The Balaban J connectivity index is 1.35. The van der Waals surface area contributed by atoms with Crippen LogP contribution in [0.15, 0.2) is 36.0 Å². The Bertz CT molecular complexity index is 914. The van der Waals surface area contributed by atoms with E-state index in [0.29, 0.717) is 25.0 Å². The number of carbonyl (C=O) groups is 2. The summed E-state index contributed by atoms with van der Waals surface area (Å²) in [4.78, 5) is 26.0. The average Bonchev–Trinajstić information content (AvgIpc) is 3.56. The van der Waals surface area contributed by atoms with Crippen LogP contribution in [-0.2, 0) is 23.7 Å². The maximum Gasteiger partial charge on any atom is 0.410 e. The summed E-state index contributed by atoms with van der Waals surface area (Å²) in [5.41, 5.74) is 1.26. The molecule has 8 heteroatoms. The highest BCUT2D eigenvalue weighted by Crippen LogP contribution is 2.58. The number of rotatable bonds is 8. The molecule has 0 aromatic rings. The van der Waals surface area contributed by atoms with Crippen LogP contribution in [-0.4, -0.2) is 72.8 Å². The lowest BCUT2D eigenvalue weighted by Crippen LogP contribution is -2.46. The first-order valence-corrected chi connectivity index (χ1v) is 13.9. The molecule has 3 aliphatic rings. The normalized spacial score (nSPS) is 27.9. The van der Waals surface area contributed by atoms with Crippen LogP contribution >= 0.6 is 0 Å². The van der Waals surface area contributed by atoms with Crippen LogP contribution in [0.1, 0.15) is 80.6 Å². The molecule has 2 heterocycles. The van der Waals surface area contributed by atoms with Gasteiger partial charge in [0.25, 0.3) is 0 Å². The lowest BCUT2D eigenvalue weighted by Gasteiger charge is -2.40. The molecule has 214 valence electrons. The van der Waals surface area contributed by atoms with Crippen molar-refractivity contribution in [1.29, 1.82) is 0 Å². The van der Waals surface area contributed by atoms with Gasteiger partial charge in [-0.05, 0) is 85.6 Å². The molecule has 1 aliphatic carbocycles. The number of ether oxygens (including phenoxy) is 4. The molecule has 1 saturated carbocycles. The minimum atomic E-state index is -0.531. The Hall–Kier alpha value is -2.16. The van der Waals surface area contributed by atoms with Crippen molar-refractivity contribution in [2.24, 2.45) is 5.41 Å². The van der Waals surface area contributed by atoms with E-state index in [-0.39, 0.29) is 35.5 Å². The van der Waals surface area contributed by atoms with Gasteiger partial charge in [0, 0.05) is 25.1 Å². The molecule has 0 radical (unpaired) electrons. The van der Waals surface area contributed by atoms with Gasteiger partial charge in [-0.2, -0.15) is 0 Å². The van der Waals surface area contributed by atoms with Crippen LogP contribution in [0.25, 0.3) is 0 Å². The standard InChI is InChI=1S/C30H48N2O6/c1-21(9-12-24-17-30(15-16-30)20-29(6,7)38-24)10-14-26-35-18-23(19-36-26)31-25(33)13-11-22(2)37-27(34)32(8)28(3,4)5/h9-13,22-24,26H,14-20H2,1-8H3,(H,31,33)/b12-9+,13-11-,21-10+/t22-,23-,24+,26+/m0/s1. The average molecular weight is 533 g/mol. The minimum absolute atomic E-state index is 0.0545. The zero-order valence-corrected chi connectivity index (χ0v) is 24.5. The largest absolute Gasteiger partial charge is 0.442 e. The Morgan fingerprint density at radius 3 is 2.42 bits per heavy atom. The third-order valence-electron chi connectivity index (χ3n) is 7.47. The third-order valence-corrected chi connectivity index (χ3v) is 7.47. The second-order valence-corrected chi connectivity index (χ2v) is 12.8. The third kappa shape index (κ3) is 9.54. The molecule has 2 atom stereocenters. The second kappa shape index (κ2) is 12.3. The number of nitrogens with one attached hydrogen (secondary N) is 1. The summed E-state index contributed by atoms with van der Waals surface area (Å²) in [6, 6.07) is -0.236. The molecular formula is C30H48N2O6. The molecule has 38 heavy (non-hydrogen) atoms. The summed E-state index contributed by atoms with van der Waals surface area (Å²) >= 11 is 0. The Labute approximate surface area is 228 Å². The van der Waals surface area contributed by atoms with Crippen LogP contribution in [0, 0.1) is 5.41 Å². The summed E-state index contributed by atoms with van der Waals surface area (Å²) in [5, 5.41) is 2.87. The zero-order chi connectivity index (χ0) is 28.1. The van der Waals surface area contributed by atoms with Crippen LogP contribution in [0.4, 0.5) is 4.79 Å². The summed E-state index contributed by atoms with van der Waals surface area (Å²) in [7, 11) is 1.69. The molecule has 3 fully saturated rings. The van der Waals surface area contributed by atoms with Crippen molar-refractivity contribution in [3.63, 3.8) is 0 Å². The highest BCUT2D eigenvalue weighted by Gasteiger charge is 2.51. The fourth-order valence-electron chi connectivity index (χ4n) is 4.96. The molecule has 2 amide bonds. The molecule has 3 rings (SSSR count). The Morgan fingerprint density at radius 1 is 1.16 bits per heavy atom. The molecule has 0 aromatic carbocycles. The van der Waals surface area contributed by atoms with E-state index in [2.05, 4.69) is 44.3 Å². The number of hydrogen-bond acceptors (Lipinski definition) is 6. The molecule has 2 aliphatic heterocycles. The van der Waals surface area contributed by atoms with Gasteiger partial charge in [-0.15, -0.1) is 0 Å². The number of amides is 2. The van der Waals surface area contributed by atoms with E-state index in [1.807, 2.05) is 20.8 Å². The van der Waals surface area contributed by atoms with Gasteiger partial charge in [0.1, 0.15) is 6.10 Å². The molecule has 1 spiro atoms. The van der Waals surface area contributed by atoms with Crippen molar-refractivity contribution in [3.05, 3.63) is 36.0 Å². The van der Waals surface area contributed by atoms with E-state index in [0.717, 1.165) is 18.4 Å². The molecular weight excluding hydrogens is 484 g/mol. The molecule has 2 saturated heterocycles. The first kappa shape index (κ1) is 30.4. The van der Waals surface area contributed by atoms with Crippen molar-refractivity contribution in [2.75, 3.05) is 20.3 Å². The summed E-state index contributed by atoms with van der Waals surface area (Å²) in [6.07, 6.45) is 13.8. The van der Waals surface area contributed by atoms with Crippen LogP contribution in [0.3, 0.4) is 0 Å². The smallest absolute Gasteiger partial charge is 0.410 e. The summed E-state index contributed by atoms with van der Waals surface area (Å²) in [5.74, 6) is -0.283. The fraction of sp³-hybridized carbons (Fsp3) is 0.733. The van der Waals surface area contributed by atoms with E-state index in [1.54, 1.807) is 20.0 Å². The van der Waals surface area contributed by atoms with Crippen LogP contribution in [0.2, 0.25) is 0 Å². The van der Waals surface area contributed by atoms with Crippen molar-refractivity contribution in [2.45, 2.75) is 116 Å². The monoisotopic (exact) mass is 532 g/mol. The summed E-state index contributed by atoms with van der Waals surface area (Å²) in [6.45, 7) is 14.7.